The zero-order valence-corrected chi connectivity index (χ0v) is 22.9. The van der Waals surface area contributed by atoms with Gasteiger partial charge in [0.05, 0.1) is 5.52 Å². The van der Waals surface area contributed by atoms with Crippen LogP contribution in [-0.2, 0) is 0 Å². The average Bonchev–Trinajstić information content (AvgIpc) is 3.04. The topological polar surface area (TPSA) is 22.0 Å². The van der Waals surface area contributed by atoms with E-state index in [0.29, 0.717) is 0 Å². The van der Waals surface area contributed by atoms with Gasteiger partial charge < -0.3 is 0 Å². The molecule has 2 nitrogen and oxygen atoms in total. The summed E-state index contributed by atoms with van der Waals surface area (Å²) >= 11 is 0. The molecule has 7 aromatic rings. The van der Waals surface area contributed by atoms with E-state index in [2.05, 4.69) is 115 Å². The van der Waals surface area contributed by atoms with Gasteiger partial charge in [-0.2, -0.15) is 0 Å². The van der Waals surface area contributed by atoms with Gasteiger partial charge in [-0.05, 0) is 50.4 Å². The molecule has 0 aliphatic rings. The number of hydrogen-bond acceptors (Lipinski definition) is 1. The van der Waals surface area contributed by atoms with Crippen molar-refractivity contribution >= 4 is 50.5 Å². The van der Waals surface area contributed by atoms with Gasteiger partial charge in [-0.25, -0.2) is 0 Å². The monoisotopic (exact) mass is 529 g/mol. The molecule has 0 atom stereocenters. The zero-order valence-electron chi connectivity index (χ0n) is 21.9. The molecular weight excluding hydrogens is 502 g/mol. The molecule has 0 amide bonds. The number of nitrogens with zero attached hydrogens (tertiary/aromatic N) is 1. The van der Waals surface area contributed by atoms with Crippen molar-refractivity contribution in [3.8, 4) is 5.69 Å². The quantitative estimate of drug-likeness (QED) is 0.164. The second-order valence-corrected chi connectivity index (χ2v) is 13.9. The smallest absolute Gasteiger partial charge is 0.263 e. The summed E-state index contributed by atoms with van der Waals surface area (Å²) in [6.45, 7) is 0. The summed E-state index contributed by atoms with van der Waals surface area (Å²) in [7, 11) is -2.70. The van der Waals surface area contributed by atoms with Gasteiger partial charge in [-0.15, -0.1) is 0 Å². The number of fused-ring (bicyclic) bond motifs is 3. The second-order valence-electron chi connectivity index (χ2n) is 10.1. The molecule has 0 saturated carbocycles. The van der Waals surface area contributed by atoms with E-state index in [1.165, 1.54) is 20.7 Å². The Hall–Kier alpha value is -4.99. The van der Waals surface area contributed by atoms with Gasteiger partial charge >= 0.3 is 0 Å². The first-order chi connectivity index (χ1) is 19.8. The van der Waals surface area contributed by atoms with E-state index in [-0.39, 0.29) is 5.56 Å². The maximum atomic E-state index is 13.9. The molecule has 3 heteroatoms. The summed E-state index contributed by atoms with van der Waals surface area (Å²) in [6, 6.07) is 57.5. The Morgan fingerprint density at radius 3 is 1.38 bits per heavy atom. The van der Waals surface area contributed by atoms with Crippen molar-refractivity contribution in [2.75, 3.05) is 0 Å². The minimum Gasteiger partial charge on any atom is -0.276 e. The predicted molar refractivity (Wildman–Crippen MR) is 171 cm³/mol. The van der Waals surface area contributed by atoms with Crippen LogP contribution in [0.1, 0.15) is 0 Å². The van der Waals surface area contributed by atoms with Crippen molar-refractivity contribution in [1.82, 2.24) is 4.57 Å². The average molecular weight is 530 g/mol. The molecule has 6 aromatic carbocycles. The van der Waals surface area contributed by atoms with E-state index in [4.69, 9.17) is 0 Å². The number of benzene rings is 6. The van der Waals surface area contributed by atoms with E-state index in [0.717, 1.165) is 27.4 Å². The highest BCUT2D eigenvalue weighted by molar-refractivity contribution is 7.20. The maximum absolute atomic E-state index is 13.9. The van der Waals surface area contributed by atoms with Crippen LogP contribution >= 0.6 is 0 Å². The molecule has 0 aliphatic heterocycles. The van der Waals surface area contributed by atoms with E-state index in [9.17, 15) is 4.79 Å². The van der Waals surface area contributed by atoms with Crippen LogP contribution in [0.4, 0.5) is 0 Å². The lowest BCUT2D eigenvalue weighted by atomic mass is 10.1. The fraction of sp³-hybridized carbons (Fsp3) is 0. The molecule has 40 heavy (non-hydrogen) atoms. The van der Waals surface area contributed by atoms with Crippen LogP contribution in [0.15, 0.2) is 169 Å². The number of pyridine rings is 1. The van der Waals surface area contributed by atoms with Gasteiger partial charge in [0.2, 0.25) is 0 Å². The minimum atomic E-state index is -2.70. The summed E-state index contributed by atoms with van der Waals surface area (Å²) in [6.07, 6.45) is 0. The molecule has 7 rings (SSSR count). The molecule has 0 aliphatic carbocycles. The Bertz CT molecular complexity index is 1900. The molecule has 1 aromatic heterocycles. The molecule has 0 fully saturated rings. The molecule has 0 bridgehead atoms. The molecule has 190 valence electrons. The number of para-hydroxylation sites is 1. The second kappa shape index (κ2) is 9.95. The fourth-order valence-corrected chi connectivity index (χ4v) is 11.0. The van der Waals surface area contributed by atoms with Crippen LogP contribution in [0, 0.1) is 0 Å². The van der Waals surface area contributed by atoms with Crippen LogP contribution in [-0.4, -0.2) is 12.6 Å². The minimum absolute atomic E-state index is 0.000244. The number of rotatable bonds is 5. The van der Waals surface area contributed by atoms with E-state index in [1.54, 1.807) is 0 Å². The third kappa shape index (κ3) is 3.75. The Morgan fingerprint density at radius 2 is 0.850 bits per heavy atom. The van der Waals surface area contributed by atoms with Crippen LogP contribution in [0.3, 0.4) is 0 Å². The van der Waals surface area contributed by atoms with E-state index >= 15 is 0 Å². The van der Waals surface area contributed by atoms with Crippen LogP contribution in [0.5, 0.6) is 0 Å². The van der Waals surface area contributed by atoms with Gasteiger partial charge in [0, 0.05) is 16.5 Å². The maximum Gasteiger partial charge on any atom is 0.263 e. The molecule has 0 spiro atoms. The van der Waals surface area contributed by atoms with Crippen molar-refractivity contribution in [1.29, 1.82) is 0 Å². The third-order valence-electron chi connectivity index (χ3n) is 7.96. The Morgan fingerprint density at radius 1 is 0.400 bits per heavy atom. The first-order valence-corrected chi connectivity index (χ1v) is 15.6. The van der Waals surface area contributed by atoms with Crippen molar-refractivity contribution in [2.24, 2.45) is 0 Å². The highest BCUT2D eigenvalue weighted by Gasteiger charge is 2.41. The van der Waals surface area contributed by atoms with Crippen LogP contribution in [0.25, 0.3) is 27.4 Å². The standard InChI is InChI=1S/C37H27NOSi/c39-37-34-24-14-13-23-33(34)35-27-32(25-26-36(35)38(37)28-15-5-1-6-16-28)40(29-17-7-2-8-18-29,30-19-9-3-10-20-30)31-21-11-4-12-22-31/h1-27H. The number of aromatic nitrogens is 1. The number of hydrogen-bond donors (Lipinski definition) is 0. The normalized spacial score (nSPS) is 11.6. The Kier molecular flexibility index (Phi) is 5.99. The van der Waals surface area contributed by atoms with Gasteiger partial charge in [0.1, 0.15) is 0 Å². The lowest BCUT2D eigenvalue weighted by Crippen LogP contribution is -2.74. The summed E-state index contributed by atoms with van der Waals surface area (Å²) in [5.74, 6) is 0. The molecule has 0 unspecified atom stereocenters. The van der Waals surface area contributed by atoms with Gasteiger partial charge in [-0.3, -0.25) is 9.36 Å². The Labute approximate surface area is 234 Å². The SMILES string of the molecule is O=c1c2ccccc2c2cc([Si](c3ccccc3)(c3ccccc3)c3ccccc3)ccc2n1-c1ccccc1. The summed E-state index contributed by atoms with van der Waals surface area (Å²) < 4.78 is 1.86. The first kappa shape index (κ1) is 24.1. The fourth-order valence-electron chi connectivity index (χ4n) is 6.21. The highest BCUT2D eigenvalue weighted by atomic mass is 28.3. The highest BCUT2D eigenvalue weighted by Crippen LogP contribution is 2.25. The van der Waals surface area contributed by atoms with E-state index in [1.807, 2.05) is 53.1 Å². The van der Waals surface area contributed by atoms with Crippen LogP contribution < -0.4 is 26.3 Å². The van der Waals surface area contributed by atoms with Gasteiger partial charge in [0.15, 0.2) is 8.07 Å². The largest absolute Gasteiger partial charge is 0.276 e. The van der Waals surface area contributed by atoms with Crippen molar-refractivity contribution < 1.29 is 0 Å². The van der Waals surface area contributed by atoms with E-state index < -0.39 is 8.07 Å². The van der Waals surface area contributed by atoms with Crippen molar-refractivity contribution in [2.45, 2.75) is 0 Å². The Balaban J connectivity index is 1.65. The van der Waals surface area contributed by atoms with Gasteiger partial charge in [-0.1, -0.05) is 140 Å². The molecule has 0 N–H and O–H groups in total. The molecular formula is C37H27NOSi. The third-order valence-corrected chi connectivity index (χ3v) is 12.7. The predicted octanol–water partition coefficient (Wildman–Crippen LogP) is 5.52. The summed E-state index contributed by atoms with van der Waals surface area (Å²) in [5, 5.41) is 8.05. The van der Waals surface area contributed by atoms with Gasteiger partial charge in [0.25, 0.3) is 5.56 Å². The molecule has 0 radical (unpaired) electrons. The summed E-state index contributed by atoms with van der Waals surface area (Å²) in [5.41, 5.74) is 1.78. The lowest BCUT2D eigenvalue weighted by Gasteiger charge is -2.34. The van der Waals surface area contributed by atoms with Crippen molar-refractivity contribution in [3.05, 3.63) is 174 Å². The first-order valence-electron chi connectivity index (χ1n) is 13.6. The van der Waals surface area contributed by atoms with Crippen LogP contribution in [0.2, 0.25) is 0 Å². The zero-order chi connectivity index (χ0) is 26.9. The molecule has 0 saturated heterocycles. The summed E-state index contributed by atoms with van der Waals surface area (Å²) in [4.78, 5) is 13.9. The van der Waals surface area contributed by atoms with Crippen molar-refractivity contribution in [3.63, 3.8) is 0 Å². The molecule has 1 heterocycles. The lowest BCUT2D eigenvalue weighted by molar-refractivity contribution is 1.06.